The zero-order valence-corrected chi connectivity index (χ0v) is 4.96. The monoisotopic (exact) mass is 118 g/mol. The molecule has 0 aromatic heterocycles. The Bertz CT molecular complexity index is 46.9. The molecule has 8 heavy (non-hydrogen) atoms. The fraction of sp³-hybridized carbons (Fsp3) is 1.00. The lowest BCUT2D eigenvalue weighted by molar-refractivity contribution is 0.303. The number of nitrogens with one attached hydrogen (secondary N) is 1. The van der Waals surface area contributed by atoms with E-state index in [4.69, 9.17) is 11.6 Å². The molecule has 0 fully saturated rings. The molecule has 0 aromatic rings. The van der Waals surface area contributed by atoms with E-state index in [1.165, 1.54) is 5.12 Å². The molecule has 0 aliphatic rings. The Hall–Kier alpha value is -0.200. The maximum Gasteiger partial charge on any atom is -0.0173 e. The van der Waals surface area contributed by atoms with Gasteiger partial charge in [0.2, 0.25) is 0 Å². The summed E-state index contributed by atoms with van der Waals surface area (Å²) in [5.41, 5.74) is 11.3. The van der Waals surface area contributed by atoms with Crippen molar-refractivity contribution < 1.29 is 0 Å². The van der Waals surface area contributed by atoms with Crippen LogP contribution >= 0.6 is 0 Å². The zero-order chi connectivity index (χ0) is 6.41. The SMILES string of the molecule is CN([N-]CCN)NN. The number of hydrogen-bond acceptors (Lipinski definition) is 4. The van der Waals surface area contributed by atoms with Crippen molar-refractivity contribution in [3.63, 3.8) is 0 Å². The summed E-state index contributed by atoms with van der Waals surface area (Å²) in [4.78, 5) is 0. The molecule has 0 saturated heterocycles. The Morgan fingerprint density at radius 1 is 1.75 bits per heavy atom. The lowest BCUT2D eigenvalue weighted by Crippen LogP contribution is -2.37. The first-order chi connectivity index (χ1) is 3.81. The third-order valence-corrected chi connectivity index (χ3v) is 0.628. The standard InChI is InChI=1S/C3H12N5/c1-8(7-5)6-3-2-4/h7H,2-5H2,1H3/q-1. The first kappa shape index (κ1) is 7.80. The molecule has 0 heterocycles. The van der Waals surface area contributed by atoms with E-state index in [0.717, 1.165) is 0 Å². The van der Waals surface area contributed by atoms with Crippen LogP contribution in [0.3, 0.4) is 0 Å². The van der Waals surface area contributed by atoms with Crippen LogP contribution in [0.15, 0.2) is 0 Å². The summed E-state index contributed by atoms with van der Waals surface area (Å²) in [6.45, 7) is 1.15. The van der Waals surface area contributed by atoms with E-state index >= 15 is 0 Å². The minimum Gasteiger partial charge on any atom is -0.578 e. The fourth-order valence-corrected chi connectivity index (χ4v) is 0.249. The highest BCUT2D eigenvalue weighted by Crippen LogP contribution is 1.83. The third kappa shape index (κ3) is 3.97. The number of nitrogens with two attached hydrogens (primary N) is 2. The minimum atomic E-state index is 0.548. The predicted octanol–water partition coefficient (Wildman–Crippen LogP) is -1.46. The average Bonchev–Trinajstić information content (AvgIpc) is 1.83. The molecule has 5 heteroatoms. The van der Waals surface area contributed by atoms with Gasteiger partial charge in [-0.05, 0) is 13.6 Å². The Balaban J connectivity index is 2.86. The highest BCUT2D eigenvalue weighted by Gasteiger charge is 1.71. The quantitative estimate of drug-likeness (QED) is 0.311. The Morgan fingerprint density at radius 2 is 2.38 bits per heavy atom. The van der Waals surface area contributed by atoms with Crippen molar-refractivity contribution in [2.24, 2.45) is 11.6 Å². The molecule has 5 N–H and O–H groups in total. The van der Waals surface area contributed by atoms with Crippen LogP contribution in [0.2, 0.25) is 0 Å². The van der Waals surface area contributed by atoms with Crippen molar-refractivity contribution in [3.8, 4) is 0 Å². The van der Waals surface area contributed by atoms with Crippen molar-refractivity contribution in [2.45, 2.75) is 0 Å². The van der Waals surface area contributed by atoms with E-state index < -0.39 is 0 Å². The van der Waals surface area contributed by atoms with Gasteiger partial charge in [0.05, 0.1) is 0 Å². The molecule has 0 aliphatic carbocycles. The van der Waals surface area contributed by atoms with Crippen LogP contribution in [0.25, 0.3) is 5.43 Å². The van der Waals surface area contributed by atoms with Crippen LogP contribution < -0.4 is 17.1 Å². The van der Waals surface area contributed by atoms with Gasteiger partial charge in [-0.2, -0.15) is 0 Å². The largest absolute Gasteiger partial charge is 0.578 e. The molecule has 5 nitrogen and oxygen atoms in total. The normalized spacial score (nSPS) is 10.5. The third-order valence-electron chi connectivity index (χ3n) is 0.628. The first-order valence-corrected chi connectivity index (χ1v) is 2.38. The van der Waals surface area contributed by atoms with Crippen LogP contribution in [0.5, 0.6) is 0 Å². The second kappa shape index (κ2) is 4.95. The summed E-state index contributed by atoms with van der Waals surface area (Å²) in [7, 11) is 1.70. The van der Waals surface area contributed by atoms with Crippen molar-refractivity contribution in [1.82, 2.24) is 10.7 Å². The van der Waals surface area contributed by atoms with Gasteiger partial charge in [-0.15, -0.1) is 6.54 Å². The van der Waals surface area contributed by atoms with Crippen molar-refractivity contribution >= 4 is 0 Å². The molecule has 0 saturated carbocycles. The summed E-state index contributed by atoms with van der Waals surface area (Å²) in [6.07, 6.45) is 0. The van der Waals surface area contributed by atoms with Gasteiger partial charge in [0.15, 0.2) is 0 Å². The number of rotatable bonds is 4. The molecule has 0 radical (unpaired) electrons. The molecule has 0 aromatic carbocycles. The molecule has 0 spiro atoms. The van der Waals surface area contributed by atoms with Gasteiger partial charge in [0.25, 0.3) is 0 Å². The molecule has 0 amide bonds. The summed E-state index contributed by atoms with van der Waals surface area (Å²) in [5.74, 6) is 4.95. The molecule has 0 bridgehead atoms. The summed E-state index contributed by atoms with van der Waals surface area (Å²) in [6, 6.07) is 0. The Kier molecular flexibility index (Phi) is 4.82. The van der Waals surface area contributed by atoms with Gasteiger partial charge < -0.3 is 16.3 Å². The van der Waals surface area contributed by atoms with Crippen molar-refractivity contribution in [1.29, 1.82) is 0 Å². The fourth-order valence-electron chi connectivity index (χ4n) is 0.249. The molecule has 0 atom stereocenters. The van der Waals surface area contributed by atoms with E-state index in [1.54, 1.807) is 7.05 Å². The topological polar surface area (TPSA) is 81.4 Å². The van der Waals surface area contributed by atoms with E-state index in [0.29, 0.717) is 13.1 Å². The van der Waals surface area contributed by atoms with Crippen molar-refractivity contribution in [3.05, 3.63) is 5.43 Å². The van der Waals surface area contributed by atoms with Crippen molar-refractivity contribution in [2.75, 3.05) is 20.1 Å². The number of nitrogens with zero attached hydrogens (tertiary/aromatic N) is 2. The number of hydrogen-bond donors (Lipinski definition) is 3. The van der Waals surface area contributed by atoms with E-state index in [1.807, 2.05) is 0 Å². The highest BCUT2D eigenvalue weighted by atomic mass is 15.8. The molecule has 0 rings (SSSR count). The maximum atomic E-state index is 5.14. The zero-order valence-electron chi connectivity index (χ0n) is 4.96. The summed E-state index contributed by atoms with van der Waals surface area (Å²) in [5, 5.41) is 1.41. The second-order valence-corrected chi connectivity index (χ2v) is 1.31. The first-order valence-electron chi connectivity index (χ1n) is 2.38. The van der Waals surface area contributed by atoms with Gasteiger partial charge >= 0.3 is 0 Å². The Morgan fingerprint density at radius 3 is 2.75 bits per heavy atom. The maximum absolute atomic E-state index is 5.14. The van der Waals surface area contributed by atoms with Crippen LogP contribution in [-0.2, 0) is 0 Å². The van der Waals surface area contributed by atoms with Gasteiger partial charge in [-0.1, -0.05) is 0 Å². The second-order valence-electron chi connectivity index (χ2n) is 1.31. The lowest BCUT2D eigenvalue weighted by Gasteiger charge is -2.30. The van der Waals surface area contributed by atoms with Gasteiger partial charge in [-0.3, -0.25) is 5.84 Å². The highest BCUT2D eigenvalue weighted by molar-refractivity contribution is 4.69. The average molecular weight is 118 g/mol. The molecule has 0 unspecified atom stereocenters. The van der Waals surface area contributed by atoms with Gasteiger partial charge in [-0.25, -0.2) is 5.53 Å². The van der Waals surface area contributed by atoms with E-state index in [-0.39, 0.29) is 0 Å². The smallest absolute Gasteiger partial charge is 0.0173 e. The molecule has 0 aliphatic heterocycles. The van der Waals surface area contributed by atoms with E-state index in [9.17, 15) is 0 Å². The minimum absolute atomic E-state index is 0.548. The van der Waals surface area contributed by atoms with Crippen LogP contribution in [0.4, 0.5) is 0 Å². The van der Waals surface area contributed by atoms with Crippen LogP contribution in [0, 0.1) is 0 Å². The molecular weight excluding hydrogens is 106 g/mol. The summed E-state index contributed by atoms with van der Waals surface area (Å²) >= 11 is 0. The molecule has 50 valence electrons. The molecular formula is C3H12N5-. The predicted molar refractivity (Wildman–Crippen MR) is 32.4 cm³/mol. The summed E-state index contributed by atoms with van der Waals surface area (Å²) < 4.78 is 0. The number of hydrazine groups is 2. The van der Waals surface area contributed by atoms with Crippen LogP contribution in [0.1, 0.15) is 0 Å². The van der Waals surface area contributed by atoms with Crippen LogP contribution in [-0.4, -0.2) is 25.3 Å². The Labute approximate surface area is 48.9 Å². The van der Waals surface area contributed by atoms with E-state index in [2.05, 4.69) is 11.0 Å². The van der Waals surface area contributed by atoms with Gasteiger partial charge in [0.1, 0.15) is 0 Å². The lowest BCUT2D eigenvalue weighted by atomic mass is 10.7. The van der Waals surface area contributed by atoms with Gasteiger partial charge in [0, 0.05) is 0 Å².